The average molecular weight is 467 g/mol. The van der Waals surface area contributed by atoms with Crippen LogP contribution < -0.4 is 10.7 Å². The number of nitrogens with one attached hydrogen (secondary N) is 2. The number of anilines is 1. The molecule has 0 saturated carbocycles. The van der Waals surface area contributed by atoms with Crippen molar-refractivity contribution in [3.8, 4) is 0 Å². The third-order valence-corrected chi connectivity index (χ3v) is 4.37. The Morgan fingerprint density at radius 1 is 0.880 bits per heavy atom. The van der Waals surface area contributed by atoms with Gasteiger partial charge in [-0.3, -0.25) is 9.59 Å². The SMILES string of the molecule is C/C(=N\NC(=O)CCC(=O)Nc1ccc(Br)cc1)c1ccc(Br)cc1. The van der Waals surface area contributed by atoms with Gasteiger partial charge in [-0.1, -0.05) is 44.0 Å². The molecule has 0 spiro atoms. The number of hydrogen-bond acceptors (Lipinski definition) is 3. The van der Waals surface area contributed by atoms with E-state index in [1.807, 2.05) is 43.3 Å². The molecule has 130 valence electrons. The molecule has 25 heavy (non-hydrogen) atoms. The molecule has 0 atom stereocenters. The molecule has 2 aromatic carbocycles. The number of nitrogens with zero attached hydrogens (tertiary/aromatic N) is 1. The number of carbonyl (C=O) groups excluding carboxylic acids is 2. The van der Waals surface area contributed by atoms with Crippen molar-refractivity contribution in [3.63, 3.8) is 0 Å². The first-order valence-corrected chi connectivity index (χ1v) is 9.17. The zero-order valence-corrected chi connectivity index (χ0v) is 16.7. The van der Waals surface area contributed by atoms with Crippen LogP contribution in [0.4, 0.5) is 5.69 Å². The fourth-order valence-corrected chi connectivity index (χ4v) is 2.47. The second-order valence-electron chi connectivity index (χ2n) is 5.29. The molecule has 0 fully saturated rings. The molecule has 0 radical (unpaired) electrons. The van der Waals surface area contributed by atoms with Crippen molar-refractivity contribution in [2.24, 2.45) is 5.10 Å². The van der Waals surface area contributed by atoms with Crippen LogP contribution in [-0.2, 0) is 9.59 Å². The number of carbonyl (C=O) groups is 2. The Labute approximate surface area is 163 Å². The molecule has 2 amide bonds. The van der Waals surface area contributed by atoms with Crippen LogP contribution in [0.15, 0.2) is 62.6 Å². The number of benzene rings is 2. The lowest BCUT2D eigenvalue weighted by Crippen LogP contribution is -2.21. The van der Waals surface area contributed by atoms with E-state index in [1.165, 1.54) is 0 Å². The summed E-state index contributed by atoms with van der Waals surface area (Å²) in [6.07, 6.45) is 0.161. The maximum absolute atomic E-state index is 11.9. The quantitative estimate of drug-likeness (QED) is 0.487. The highest BCUT2D eigenvalue weighted by molar-refractivity contribution is 9.10. The predicted molar refractivity (Wildman–Crippen MR) is 107 cm³/mol. The number of rotatable bonds is 6. The van der Waals surface area contributed by atoms with Gasteiger partial charge < -0.3 is 5.32 Å². The summed E-state index contributed by atoms with van der Waals surface area (Å²) >= 11 is 6.70. The van der Waals surface area contributed by atoms with E-state index in [2.05, 4.69) is 47.7 Å². The molecule has 2 rings (SSSR count). The van der Waals surface area contributed by atoms with Crippen molar-refractivity contribution in [2.45, 2.75) is 19.8 Å². The predicted octanol–water partition coefficient (Wildman–Crippen LogP) is 4.47. The molecule has 2 N–H and O–H groups in total. The van der Waals surface area contributed by atoms with E-state index < -0.39 is 0 Å². The highest BCUT2D eigenvalue weighted by Gasteiger charge is 2.07. The minimum Gasteiger partial charge on any atom is -0.326 e. The van der Waals surface area contributed by atoms with E-state index in [1.54, 1.807) is 12.1 Å². The zero-order valence-electron chi connectivity index (χ0n) is 13.6. The van der Waals surface area contributed by atoms with E-state index in [4.69, 9.17) is 0 Å². The minimum atomic E-state index is -0.303. The Morgan fingerprint density at radius 3 is 2.00 bits per heavy atom. The summed E-state index contributed by atoms with van der Waals surface area (Å²) in [7, 11) is 0. The Bertz CT molecular complexity index is 772. The first-order valence-electron chi connectivity index (χ1n) is 7.58. The standard InChI is InChI=1S/C18H17Br2N3O2/c1-12(13-2-4-14(19)5-3-13)22-23-18(25)11-10-17(24)21-16-8-6-15(20)7-9-16/h2-9H,10-11H2,1H3,(H,21,24)(H,23,25)/b22-12+. The summed E-state index contributed by atoms with van der Waals surface area (Å²) in [6.45, 7) is 1.81. The second-order valence-corrected chi connectivity index (χ2v) is 7.13. The van der Waals surface area contributed by atoms with Crippen LogP contribution >= 0.6 is 31.9 Å². The Kier molecular flexibility index (Phi) is 7.33. The first-order chi connectivity index (χ1) is 11.9. The van der Waals surface area contributed by atoms with Crippen molar-refractivity contribution in [1.29, 1.82) is 0 Å². The van der Waals surface area contributed by atoms with E-state index >= 15 is 0 Å². The average Bonchev–Trinajstić information content (AvgIpc) is 2.60. The number of halogens is 2. The monoisotopic (exact) mass is 465 g/mol. The summed E-state index contributed by atoms with van der Waals surface area (Å²) in [5.74, 6) is -0.520. The van der Waals surface area contributed by atoms with Crippen LogP contribution in [0.25, 0.3) is 0 Å². The Morgan fingerprint density at radius 2 is 1.40 bits per heavy atom. The lowest BCUT2D eigenvalue weighted by Gasteiger charge is -2.05. The number of hydrazone groups is 1. The van der Waals surface area contributed by atoms with E-state index in [-0.39, 0.29) is 24.7 Å². The van der Waals surface area contributed by atoms with Crippen molar-refractivity contribution in [3.05, 3.63) is 63.0 Å². The van der Waals surface area contributed by atoms with Gasteiger partial charge in [0.05, 0.1) is 5.71 Å². The minimum absolute atomic E-state index is 0.0689. The fraction of sp³-hybridized carbons (Fsp3) is 0.167. The molecular weight excluding hydrogens is 450 g/mol. The molecule has 0 unspecified atom stereocenters. The van der Waals surface area contributed by atoms with Gasteiger partial charge in [-0.05, 0) is 48.9 Å². The maximum atomic E-state index is 11.9. The van der Waals surface area contributed by atoms with Crippen LogP contribution in [0.2, 0.25) is 0 Å². The van der Waals surface area contributed by atoms with Gasteiger partial charge in [-0.25, -0.2) is 5.43 Å². The molecule has 5 nitrogen and oxygen atoms in total. The third kappa shape index (κ3) is 6.80. The van der Waals surface area contributed by atoms with Gasteiger partial charge in [0.15, 0.2) is 0 Å². The molecule has 0 aliphatic carbocycles. The van der Waals surface area contributed by atoms with Gasteiger partial charge in [0, 0.05) is 27.5 Å². The normalized spacial score (nSPS) is 11.1. The molecule has 7 heteroatoms. The topological polar surface area (TPSA) is 70.6 Å². The van der Waals surface area contributed by atoms with Gasteiger partial charge in [-0.2, -0.15) is 5.10 Å². The summed E-state index contributed by atoms with van der Waals surface area (Å²) in [6, 6.07) is 14.9. The largest absolute Gasteiger partial charge is 0.326 e. The second kappa shape index (κ2) is 9.48. The van der Waals surface area contributed by atoms with Crippen LogP contribution in [0.5, 0.6) is 0 Å². The van der Waals surface area contributed by atoms with Crippen LogP contribution in [-0.4, -0.2) is 17.5 Å². The highest BCUT2D eigenvalue weighted by Crippen LogP contribution is 2.14. The third-order valence-electron chi connectivity index (χ3n) is 3.32. The van der Waals surface area contributed by atoms with Crippen LogP contribution in [0.1, 0.15) is 25.3 Å². The number of hydrogen-bond donors (Lipinski definition) is 2. The van der Waals surface area contributed by atoms with Crippen LogP contribution in [0.3, 0.4) is 0 Å². The molecule has 0 heterocycles. The van der Waals surface area contributed by atoms with Crippen molar-refractivity contribution in [1.82, 2.24) is 5.43 Å². The van der Waals surface area contributed by atoms with E-state index in [0.717, 1.165) is 14.5 Å². The molecule has 0 aliphatic rings. The van der Waals surface area contributed by atoms with E-state index in [0.29, 0.717) is 11.4 Å². The van der Waals surface area contributed by atoms with Gasteiger partial charge in [0.1, 0.15) is 0 Å². The lowest BCUT2D eigenvalue weighted by molar-refractivity contribution is -0.124. The number of amides is 2. The lowest BCUT2D eigenvalue weighted by atomic mass is 10.1. The molecule has 0 bridgehead atoms. The Hall–Kier alpha value is -1.99. The summed E-state index contributed by atoms with van der Waals surface area (Å²) < 4.78 is 1.91. The van der Waals surface area contributed by atoms with Crippen LogP contribution in [0, 0.1) is 0 Å². The highest BCUT2D eigenvalue weighted by atomic mass is 79.9. The molecular formula is C18H17Br2N3O2. The Balaban J connectivity index is 1.77. The molecule has 0 saturated heterocycles. The van der Waals surface area contributed by atoms with E-state index in [9.17, 15) is 9.59 Å². The van der Waals surface area contributed by atoms with Crippen molar-refractivity contribution >= 4 is 55.1 Å². The maximum Gasteiger partial charge on any atom is 0.240 e. The van der Waals surface area contributed by atoms with Crippen molar-refractivity contribution in [2.75, 3.05) is 5.32 Å². The summed E-state index contributed by atoms with van der Waals surface area (Å²) in [4.78, 5) is 23.7. The smallest absolute Gasteiger partial charge is 0.240 e. The van der Waals surface area contributed by atoms with Gasteiger partial charge >= 0.3 is 0 Å². The van der Waals surface area contributed by atoms with Crippen molar-refractivity contribution < 1.29 is 9.59 Å². The summed E-state index contributed by atoms with van der Waals surface area (Å²) in [5.41, 5.74) is 4.77. The van der Waals surface area contributed by atoms with Gasteiger partial charge in [0.25, 0.3) is 0 Å². The zero-order chi connectivity index (χ0) is 18.2. The van der Waals surface area contributed by atoms with Gasteiger partial charge in [0.2, 0.25) is 11.8 Å². The summed E-state index contributed by atoms with van der Waals surface area (Å²) in [5, 5.41) is 6.80. The first kappa shape index (κ1) is 19.3. The fourth-order valence-electron chi connectivity index (χ4n) is 1.94. The van der Waals surface area contributed by atoms with Gasteiger partial charge in [-0.15, -0.1) is 0 Å². The molecule has 2 aromatic rings. The molecule has 0 aromatic heterocycles. The molecule has 0 aliphatic heterocycles.